The van der Waals surface area contributed by atoms with Gasteiger partial charge in [-0.3, -0.25) is 4.79 Å². The Labute approximate surface area is 131 Å². The molecule has 5 heteroatoms. The summed E-state index contributed by atoms with van der Waals surface area (Å²) in [5.74, 6) is 1.91. The summed E-state index contributed by atoms with van der Waals surface area (Å²) in [6.45, 7) is 3.67. The van der Waals surface area contributed by atoms with Crippen LogP contribution in [0.5, 0.6) is 0 Å². The van der Waals surface area contributed by atoms with Crippen LogP contribution in [-0.2, 0) is 4.79 Å². The molecule has 0 saturated carbocycles. The van der Waals surface area contributed by atoms with Crippen LogP contribution in [-0.4, -0.2) is 35.7 Å². The molecule has 1 aromatic rings. The lowest BCUT2D eigenvalue weighted by atomic mass is 10.2. The fourth-order valence-corrected chi connectivity index (χ4v) is 3.38. The Morgan fingerprint density at radius 3 is 2.80 bits per heavy atom. The summed E-state index contributed by atoms with van der Waals surface area (Å²) in [6, 6.07) is 10.4. The highest BCUT2D eigenvalue weighted by atomic mass is 35.5. The summed E-state index contributed by atoms with van der Waals surface area (Å²) < 4.78 is 0. The van der Waals surface area contributed by atoms with E-state index in [0.29, 0.717) is 12.3 Å². The standard InChI is InChI=1S/C15H22N2OS.ClH/c1-12(16)9-15(18)17-8-7-13(10-17)11-19-14-5-3-2-4-6-14;/h2-6,12-13H,7-11,16H2,1H3;1H. The number of benzene rings is 1. The van der Waals surface area contributed by atoms with E-state index in [2.05, 4.69) is 24.3 Å². The maximum atomic E-state index is 11.9. The van der Waals surface area contributed by atoms with Crippen molar-refractivity contribution in [1.29, 1.82) is 0 Å². The number of nitrogens with two attached hydrogens (primary N) is 1. The minimum absolute atomic E-state index is 0. The second-order valence-electron chi connectivity index (χ2n) is 5.30. The van der Waals surface area contributed by atoms with Crippen molar-refractivity contribution in [3.63, 3.8) is 0 Å². The van der Waals surface area contributed by atoms with Gasteiger partial charge in [0.25, 0.3) is 0 Å². The highest BCUT2D eigenvalue weighted by molar-refractivity contribution is 7.99. The second-order valence-corrected chi connectivity index (χ2v) is 6.39. The molecule has 1 saturated heterocycles. The Kier molecular flexibility index (Phi) is 7.41. The smallest absolute Gasteiger partial charge is 0.224 e. The number of rotatable bonds is 5. The molecule has 1 aliphatic heterocycles. The molecular formula is C15H23ClN2OS. The van der Waals surface area contributed by atoms with Crippen molar-refractivity contribution in [2.24, 2.45) is 11.7 Å². The van der Waals surface area contributed by atoms with Gasteiger partial charge in [0.05, 0.1) is 0 Å². The van der Waals surface area contributed by atoms with E-state index < -0.39 is 0 Å². The van der Waals surface area contributed by atoms with Gasteiger partial charge in [0.2, 0.25) is 5.91 Å². The van der Waals surface area contributed by atoms with Crippen LogP contribution in [0.25, 0.3) is 0 Å². The van der Waals surface area contributed by atoms with Gasteiger partial charge in [-0.1, -0.05) is 18.2 Å². The molecule has 1 fully saturated rings. The van der Waals surface area contributed by atoms with Gasteiger partial charge in [0.15, 0.2) is 0 Å². The van der Waals surface area contributed by atoms with Crippen LogP contribution >= 0.6 is 24.2 Å². The number of hydrogen-bond acceptors (Lipinski definition) is 3. The third-order valence-corrected chi connectivity index (χ3v) is 4.61. The topological polar surface area (TPSA) is 46.3 Å². The first-order chi connectivity index (χ1) is 9.15. The molecule has 2 atom stereocenters. The Morgan fingerprint density at radius 2 is 2.15 bits per heavy atom. The lowest BCUT2D eigenvalue weighted by Gasteiger charge is -2.17. The molecule has 2 unspecified atom stereocenters. The molecule has 2 rings (SSSR count). The van der Waals surface area contributed by atoms with Gasteiger partial charge in [0, 0.05) is 36.2 Å². The van der Waals surface area contributed by atoms with Crippen molar-refractivity contribution in [3.05, 3.63) is 30.3 Å². The molecule has 0 bridgehead atoms. The Balaban J connectivity index is 0.00000200. The summed E-state index contributed by atoms with van der Waals surface area (Å²) >= 11 is 1.88. The molecule has 2 N–H and O–H groups in total. The highest BCUT2D eigenvalue weighted by Crippen LogP contribution is 2.26. The van der Waals surface area contributed by atoms with E-state index in [1.165, 1.54) is 4.90 Å². The van der Waals surface area contributed by atoms with Crippen molar-refractivity contribution in [2.75, 3.05) is 18.8 Å². The van der Waals surface area contributed by atoms with Gasteiger partial charge >= 0.3 is 0 Å². The van der Waals surface area contributed by atoms with Crippen LogP contribution in [0.15, 0.2) is 35.2 Å². The normalized spacial score (nSPS) is 19.5. The first-order valence-electron chi connectivity index (χ1n) is 6.86. The number of hydrogen-bond donors (Lipinski definition) is 1. The summed E-state index contributed by atoms with van der Waals surface area (Å²) in [4.78, 5) is 15.2. The fourth-order valence-electron chi connectivity index (χ4n) is 2.33. The number of amides is 1. The minimum Gasteiger partial charge on any atom is -0.342 e. The van der Waals surface area contributed by atoms with E-state index in [9.17, 15) is 4.79 Å². The van der Waals surface area contributed by atoms with Crippen LogP contribution in [0.4, 0.5) is 0 Å². The number of carbonyl (C=O) groups is 1. The predicted octanol–water partition coefficient (Wildman–Crippen LogP) is 2.79. The number of likely N-dealkylation sites (tertiary alicyclic amines) is 1. The maximum Gasteiger partial charge on any atom is 0.224 e. The van der Waals surface area contributed by atoms with Gasteiger partial charge in [-0.25, -0.2) is 0 Å². The van der Waals surface area contributed by atoms with Crippen LogP contribution in [0.1, 0.15) is 19.8 Å². The first-order valence-corrected chi connectivity index (χ1v) is 7.85. The largest absolute Gasteiger partial charge is 0.342 e. The highest BCUT2D eigenvalue weighted by Gasteiger charge is 2.26. The minimum atomic E-state index is -0.0368. The molecule has 1 amide bonds. The first kappa shape index (κ1) is 17.3. The molecule has 1 aromatic carbocycles. The number of carbonyl (C=O) groups excluding carboxylic acids is 1. The van der Waals surface area contributed by atoms with E-state index >= 15 is 0 Å². The number of thioether (sulfide) groups is 1. The Bertz CT molecular complexity index is 414. The average Bonchev–Trinajstić information content (AvgIpc) is 2.86. The van der Waals surface area contributed by atoms with Crippen molar-refractivity contribution in [3.8, 4) is 0 Å². The van der Waals surface area contributed by atoms with E-state index in [1.54, 1.807) is 0 Å². The zero-order valence-electron chi connectivity index (χ0n) is 11.8. The van der Waals surface area contributed by atoms with E-state index in [0.717, 1.165) is 25.3 Å². The third-order valence-electron chi connectivity index (χ3n) is 3.36. The quantitative estimate of drug-likeness (QED) is 0.850. The zero-order chi connectivity index (χ0) is 13.7. The lowest BCUT2D eigenvalue weighted by Crippen LogP contribution is -2.33. The lowest BCUT2D eigenvalue weighted by molar-refractivity contribution is -0.130. The van der Waals surface area contributed by atoms with Gasteiger partial charge in [-0.15, -0.1) is 24.2 Å². The van der Waals surface area contributed by atoms with Crippen LogP contribution in [0, 0.1) is 5.92 Å². The van der Waals surface area contributed by atoms with Gasteiger partial charge in [0.1, 0.15) is 0 Å². The van der Waals surface area contributed by atoms with Crippen LogP contribution in [0.2, 0.25) is 0 Å². The van der Waals surface area contributed by atoms with E-state index in [1.807, 2.05) is 29.7 Å². The number of nitrogens with zero attached hydrogens (tertiary/aromatic N) is 1. The van der Waals surface area contributed by atoms with Crippen molar-refractivity contribution in [1.82, 2.24) is 4.90 Å². The molecule has 20 heavy (non-hydrogen) atoms. The zero-order valence-corrected chi connectivity index (χ0v) is 13.5. The Morgan fingerprint density at radius 1 is 1.45 bits per heavy atom. The van der Waals surface area contributed by atoms with E-state index in [-0.39, 0.29) is 24.4 Å². The summed E-state index contributed by atoms with van der Waals surface area (Å²) in [5.41, 5.74) is 5.68. The second kappa shape index (κ2) is 8.55. The molecule has 0 aliphatic carbocycles. The third kappa shape index (κ3) is 5.35. The maximum absolute atomic E-state index is 11.9. The summed E-state index contributed by atoms with van der Waals surface area (Å²) in [6.07, 6.45) is 1.59. The van der Waals surface area contributed by atoms with Gasteiger partial charge in [-0.05, 0) is 31.4 Å². The summed E-state index contributed by atoms with van der Waals surface area (Å²) in [5, 5.41) is 0. The van der Waals surface area contributed by atoms with Crippen molar-refractivity contribution in [2.45, 2.75) is 30.7 Å². The van der Waals surface area contributed by atoms with E-state index in [4.69, 9.17) is 5.73 Å². The molecule has 112 valence electrons. The molecule has 1 heterocycles. The van der Waals surface area contributed by atoms with Crippen molar-refractivity contribution < 1.29 is 4.79 Å². The molecule has 0 aromatic heterocycles. The van der Waals surface area contributed by atoms with Crippen molar-refractivity contribution >= 4 is 30.1 Å². The fraction of sp³-hybridized carbons (Fsp3) is 0.533. The predicted molar refractivity (Wildman–Crippen MR) is 87.4 cm³/mol. The SMILES string of the molecule is CC(N)CC(=O)N1CCC(CSc2ccccc2)C1.Cl. The average molecular weight is 315 g/mol. The van der Waals surface area contributed by atoms with Gasteiger partial charge in [-0.2, -0.15) is 0 Å². The molecule has 0 spiro atoms. The summed E-state index contributed by atoms with van der Waals surface area (Å²) in [7, 11) is 0. The van der Waals surface area contributed by atoms with Crippen LogP contribution < -0.4 is 5.73 Å². The number of halogens is 1. The van der Waals surface area contributed by atoms with Crippen LogP contribution in [0.3, 0.4) is 0 Å². The monoisotopic (exact) mass is 314 g/mol. The molecule has 1 aliphatic rings. The molecule has 3 nitrogen and oxygen atoms in total. The Hall–Kier alpha value is -0.710. The molecular weight excluding hydrogens is 292 g/mol. The van der Waals surface area contributed by atoms with Gasteiger partial charge < -0.3 is 10.6 Å². The molecule has 0 radical (unpaired) electrons.